The summed E-state index contributed by atoms with van der Waals surface area (Å²) in [6, 6.07) is 14.9. The van der Waals surface area contributed by atoms with Crippen molar-refractivity contribution in [1.29, 1.82) is 0 Å². The molecule has 0 saturated heterocycles. The molecule has 0 unspecified atom stereocenters. The topological polar surface area (TPSA) is 68.0 Å². The zero-order chi connectivity index (χ0) is 21.0. The molecule has 0 aliphatic rings. The van der Waals surface area contributed by atoms with E-state index in [1.807, 2.05) is 41.1 Å². The van der Waals surface area contributed by atoms with Gasteiger partial charge in [-0.15, -0.1) is 12.3 Å². The van der Waals surface area contributed by atoms with Gasteiger partial charge in [0.25, 0.3) is 0 Å². The van der Waals surface area contributed by atoms with Crippen LogP contribution in [-0.4, -0.2) is 25.8 Å². The molecule has 0 fully saturated rings. The lowest BCUT2D eigenvalue weighted by atomic mass is 9.96. The molecule has 0 aliphatic heterocycles. The lowest BCUT2D eigenvalue weighted by Gasteiger charge is -2.12. The lowest BCUT2D eigenvalue weighted by Crippen LogP contribution is -2.14. The molecule has 148 valence electrons. The molecule has 3 rings (SSSR count). The molecule has 5 nitrogen and oxygen atoms in total. The zero-order valence-corrected chi connectivity index (χ0v) is 17.0. The van der Waals surface area contributed by atoms with Gasteiger partial charge >= 0.3 is 5.97 Å². The molecule has 0 radical (unpaired) electrons. The number of carbonyl (C=O) groups is 1. The van der Waals surface area contributed by atoms with Crippen molar-refractivity contribution in [2.24, 2.45) is 0 Å². The summed E-state index contributed by atoms with van der Waals surface area (Å²) in [6.07, 6.45) is 6.66. The van der Waals surface area contributed by atoms with Gasteiger partial charge in [0.1, 0.15) is 5.82 Å². The zero-order valence-electron chi connectivity index (χ0n) is 17.0. The van der Waals surface area contributed by atoms with E-state index in [0.29, 0.717) is 30.5 Å². The number of benzene rings is 2. The molecule has 2 aromatic carbocycles. The molecule has 0 saturated carbocycles. The molecule has 29 heavy (non-hydrogen) atoms. The van der Waals surface area contributed by atoms with E-state index in [4.69, 9.17) is 11.4 Å². The molecular weight excluding hydrogens is 362 g/mol. The Hall–Kier alpha value is -3.39. The van der Waals surface area contributed by atoms with Gasteiger partial charge in [0.05, 0.1) is 12.1 Å². The highest BCUT2D eigenvalue weighted by atomic mass is 16.4. The highest BCUT2D eigenvalue weighted by molar-refractivity contribution is 5.95. The van der Waals surface area contributed by atoms with Crippen LogP contribution < -0.4 is 0 Å². The number of carboxylic acid groups (broad SMARTS) is 1. The summed E-state index contributed by atoms with van der Waals surface area (Å²) >= 11 is 0. The monoisotopic (exact) mass is 387 g/mol. The number of carboxylic acids is 1. The first-order valence-electron chi connectivity index (χ1n) is 9.59. The Morgan fingerprint density at radius 1 is 1.14 bits per heavy atom. The number of aromatic carboxylic acids is 1. The predicted molar refractivity (Wildman–Crippen MR) is 114 cm³/mol. The number of hydrogen-bond donors (Lipinski definition) is 1. The molecule has 3 aromatic rings. The molecule has 0 amide bonds. The highest BCUT2D eigenvalue weighted by Crippen LogP contribution is 2.25. The minimum absolute atomic E-state index is 0.138. The third-order valence-corrected chi connectivity index (χ3v) is 4.67. The molecule has 0 spiro atoms. The molecular formula is C24H25N3O2. The second-order valence-electron chi connectivity index (χ2n) is 8.00. The van der Waals surface area contributed by atoms with Crippen molar-refractivity contribution in [2.75, 3.05) is 0 Å². The predicted octanol–water partition coefficient (Wildman–Crippen LogP) is 4.55. The summed E-state index contributed by atoms with van der Waals surface area (Å²) in [6.45, 7) is 6.91. The Balaban J connectivity index is 1.88. The first-order chi connectivity index (χ1) is 13.8. The average Bonchev–Trinajstić information content (AvgIpc) is 3.10. The fourth-order valence-corrected chi connectivity index (χ4v) is 3.08. The number of nitrogens with zero attached hydrogens (tertiary/aromatic N) is 3. The van der Waals surface area contributed by atoms with Gasteiger partial charge in [-0.2, -0.15) is 5.10 Å². The van der Waals surface area contributed by atoms with Crippen molar-refractivity contribution in [2.45, 2.75) is 45.6 Å². The lowest BCUT2D eigenvalue weighted by molar-refractivity contribution is 0.0697. The highest BCUT2D eigenvalue weighted by Gasteiger charge is 2.22. The molecule has 1 heterocycles. The summed E-state index contributed by atoms with van der Waals surface area (Å²) in [5, 5.41) is 14.1. The minimum atomic E-state index is -0.930. The van der Waals surface area contributed by atoms with Crippen molar-refractivity contribution < 1.29 is 9.90 Å². The van der Waals surface area contributed by atoms with Gasteiger partial charge in [-0.1, -0.05) is 63.2 Å². The van der Waals surface area contributed by atoms with E-state index in [2.05, 4.69) is 31.8 Å². The van der Waals surface area contributed by atoms with E-state index < -0.39 is 5.97 Å². The maximum Gasteiger partial charge on any atom is 0.336 e. The Labute approximate surface area is 171 Å². The van der Waals surface area contributed by atoms with Crippen LogP contribution in [0.4, 0.5) is 0 Å². The Morgan fingerprint density at radius 3 is 2.45 bits per heavy atom. The smallest absolute Gasteiger partial charge is 0.336 e. The Morgan fingerprint density at radius 2 is 1.83 bits per heavy atom. The van der Waals surface area contributed by atoms with Crippen LogP contribution in [0.25, 0.3) is 11.1 Å². The SMILES string of the molecule is C#CCCn1nc(C(C)(C)C)nc1Cc1ccc(-c2ccccc2C(=O)O)cc1. The van der Waals surface area contributed by atoms with E-state index in [1.165, 1.54) is 0 Å². The van der Waals surface area contributed by atoms with Gasteiger partial charge in [0.15, 0.2) is 5.82 Å². The quantitative estimate of drug-likeness (QED) is 0.630. The van der Waals surface area contributed by atoms with Crippen LogP contribution in [-0.2, 0) is 18.4 Å². The molecule has 0 aliphatic carbocycles. The van der Waals surface area contributed by atoms with Crippen molar-refractivity contribution >= 4 is 5.97 Å². The number of aromatic nitrogens is 3. The van der Waals surface area contributed by atoms with Crippen LogP contribution in [0.5, 0.6) is 0 Å². The largest absolute Gasteiger partial charge is 0.478 e. The van der Waals surface area contributed by atoms with Crippen LogP contribution in [0.3, 0.4) is 0 Å². The van der Waals surface area contributed by atoms with Gasteiger partial charge in [0, 0.05) is 18.3 Å². The van der Waals surface area contributed by atoms with Crippen molar-refractivity contribution in [3.8, 4) is 23.5 Å². The number of terminal acetylenes is 1. The third-order valence-electron chi connectivity index (χ3n) is 4.67. The van der Waals surface area contributed by atoms with Crippen LogP contribution in [0.1, 0.15) is 54.8 Å². The molecule has 1 N–H and O–H groups in total. The first-order valence-corrected chi connectivity index (χ1v) is 9.59. The van der Waals surface area contributed by atoms with Gasteiger partial charge in [-0.3, -0.25) is 0 Å². The second kappa shape index (κ2) is 8.32. The normalized spacial score (nSPS) is 11.2. The van der Waals surface area contributed by atoms with Gasteiger partial charge in [-0.05, 0) is 22.8 Å². The number of hydrogen-bond acceptors (Lipinski definition) is 3. The van der Waals surface area contributed by atoms with E-state index >= 15 is 0 Å². The van der Waals surface area contributed by atoms with E-state index in [-0.39, 0.29) is 5.41 Å². The molecule has 5 heteroatoms. The average molecular weight is 387 g/mol. The van der Waals surface area contributed by atoms with Crippen molar-refractivity contribution in [3.63, 3.8) is 0 Å². The third kappa shape index (κ3) is 4.72. The molecule has 0 bridgehead atoms. The van der Waals surface area contributed by atoms with Gasteiger partial charge < -0.3 is 5.11 Å². The molecule has 1 aromatic heterocycles. The Bertz CT molecular complexity index is 1050. The first kappa shape index (κ1) is 20.3. The second-order valence-corrected chi connectivity index (χ2v) is 8.00. The maximum absolute atomic E-state index is 11.5. The summed E-state index contributed by atoms with van der Waals surface area (Å²) in [5.41, 5.74) is 2.82. The fraction of sp³-hybridized carbons (Fsp3) is 0.292. The number of aryl methyl sites for hydroxylation is 1. The summed E-state index contributed by atoms with van der Waals surface area (Å²) in [4.78, 5) is 16.2. The van der Waals surface area contributed by atoms with Crippen LogP contribution >= 0.6 is 0 Å². The minimum Gasteiger partial charge on any atom is -0.478 e. The van der Waals surface area contributed by atoms with Crippen LogP contribution in [0, 0.1) is 12.3 Å². The van der Waals surface area contributed by atoms with E-state index in [0.717, 1.165) is 22.8 Å². The summed E-state index contributed by atoms with van der Waals surface area (Å²) < 4.78 is 1.90. The molecule has 0 atom stereocenters. The van der Waals surface area contributed by atoms with E-state index in [1.54, 1.807) is 12.1 Å². The van der Waals surface area contributed by atoms with Crippen molar-refractivity contribution in [3.05, 3.63) is 71.3 Å². The van der Waals surface area contributed by atoms with Gasteiger partial charge in [0.2, 0.25) is 0 Å². The van der Waals surface area contributed by atoms with Gasteiger partial charge in [-0.25, -0.2) is 14.5 Å². The fourth-order valence-electron chi connectivity index (χ4n) is 3.08. The maximum atomic E-state index is 11.5. The van der Waals surface area contributed by atoms with Crippen LogP contribution in [0.2, 0.25) is 0 Å². The van der Waals surface area contributed by atoms with Crippen LogP contribution in [0.15, 0.2) is 48.5 Å². The number of rotatable bonds is 6. The summed E-state index contributed by atoms with van der Waals surface area (Å²) in [7, 11) is 0. The standard InChI is InChI=1S/C24H25N3O2/c1-5-6-15-27-21(25-23(26-27)24(2,3)4)16-17-11-13-18(14-12-17)19-9-7-8-10-20(19)22(28)29/h1,7-14H,6,15-16H2,2-4H3,(H,28,29). The Kier molecular flexibility index (Phi) is 5.84. The van der Waals surface area contributed by atoms with Crippen molar-refractivity contribution in [1.82, 2.24) is 14.8 Å². The summed E-state index contributed by atoms with van der Waals surface area (Å²) in [5.74, 6) is 3.41. The van der Waals surface area contributed by atoms with E-state index in [9.17, 15) is 9.90 Å².